The first-order chi connectivity index (χ1) is 9.47. The molecule has 0 saturated carbocycles. The summed E-state index contributed by atoms with van der Waals surface area (Å²) in [5, 5.41) is 12.1. The predicted molar refractivity (Wildman–Crippen MR) is 74.2 cm³/mol. The van der Waals surface area contributed by atoms with Crippen LogP contribution < -0.4 is 5.32 Å². The molecule has 1 aromatic rings. The van der Waals surface area contributed by atoms with E-state index in [-0.39, 0.29) is 19.2 Å². The summed E-state index contributed by atoms with van der Waals surface area (Å²) in [4.78, 5) is 24.3. The van der Waals surface area contributed by atoms with Crippen LogP contribution in [-0.2, 0) is 9.53 Å². The van der Waals surface area contributed by atoms with Gasteiger partial charge in [0.25, 0.3) is 0 Å². The molecule has 2 rings (SSSR count). The molecule has 1 unspecified atom stereocenters. The zero-order valence-corrected chi connectivity index (χ0v) is 11.7. The Labute approximate surface area is 121 Å². The minimum absolute atomic E-state index is 0.0285. The van der Waals surface area contributed by atoms with E-state index in [0.29, 0.717) is 17.3 Å². The number of amides is 2. The molecule has 1 fully saturated rings. The molecule has 6 nitrogen and oxygen atoms in total. The largest absolute Gasteiger partial charge is 0.479 e. The quantitative estimate of drug-likeness (QED) is 0.875. The summed E-state index contributed by atoms with van der Waals surface area (Å²) in [7, 11) is 0. The molecule has 1 heterocycles. The Morgan fingerprint density at radius 2 is 2.25 bits per heavy atom. The van der Waals surface area contributed by atoms with Crippen LogP contribution in [0.4, 0.5) is 10.5 Å². The molecule has 0 bridgehead atoms. The molecule has 20 heavy (non-hydrogen) atoms. The first-order valence-electron chi connectivity index (χ1n) is 6.14. The molecule has 0 radical (unpaired) electrons. The molecule has 2 amide bonds. The Morgan fingerprint density at radius 3 is 2.90 bits per heavy atom. The zero-order valence-electron chi connectivity index (χ0n) is 10.9. The van der Waals surface area contributed by atoms with Gasteiger partial charge in [0.2, 0.25) is 0 Å². The average Bonchev–Trinajstić information content (AvgIpc) is 2.43. The summed E-state index contributed by atoms with van der Waals surface area (Å²) in [6.45, 7) is 2.46. The fourth-order valence-electron chi connectivity index (χ4n) is 1.86. The minimum Gasteiger partial charge on any atom is -0.479 e. The van der Waals surface area contributed by atoms with Crippen molar-refractivity contribution in [2.45, 2.75) is 13.0 Å². The second-order valence-electron chi connectivity index (χ2n) is 4.54. The summed E-state index contributed by atoms with van der Waals surface area (Å²) in [5.74, 6) is -1.07. The number of hydrogen-bond donors (Lipinski definition) is 2. The van der Waals surface area contributed by atoms with E-state index in [9.17, 15) is 9.59 Å². The van der Waals surface area contributed by atoms with Crippen molar-refractivity contribution in [3.63, 3.8) is 0 Å². The van der Waals surface area contributed by atoms with E-state index >= 15 is 0 Å². The van der Waals surface area contributed by atoms with Crippen molar-refractivity contribution in [1.29, 1.82) is 0 Å². The SMILES string of the molecule is Cc1ccc(NC(=O)N2CCOC(C(=O)O)C2)cc1Cl. The predicted octanol–water partition coefficient (Wildman–Crippen LogP) is 1.97. The molecule has 2 N–H and O–H groups in total. The van der Waals surface area contributed by atoms with E-state index < -0.39 is 12.1 Å². The van der Waals surface area contributed by atoms with Gasteiger partial charge in [-0.1, -0.05) is 17.7 Å². The van der Waals surface area contributed by atoms with Crippen LogP contribution in [0.2, 0.25) is 5.02 Å². The van der Waals surface area contributed by atoms with Crippen molar-refractivity contribution in [1.82, 2.24) is 4.90 Å². The molecular weight excluding hydrogens is 284 g/mol. The zero-order chi connectivity index (χ0) is 14.7. The number of aryl methyl sites for hydroxylation is 1. The van der Waals surface area contributed by atoms with Crippen molar-refractivity contribution in [3.8, 4) is 0 Å². The number of carbonyl (C=O) groups excluding carboxylic acids is 1. The van der Waals surface area contributed by atoms with E-state index in [4.69, 9.17) is 21.4 Å². The molecule has 0 spiro atoms. The highest BCUT2D eigenvalue weighted by Crippen LogP contribution is 2.20. The van der Waals surface area contributed by atoms with Gasteiger partial charge in [0.15, 0.2) is 6.10 Å². The number of urea groups is 1. The maximum Gasteiger partial charge on any atom is 0.334 e. The Morgan fingerprint density at radius 1 is 1.50 bits per heavy atom. The topological polar surface area (TPSA) is 78.9 Å². The Hall–Kier alpha value is -1.79. The number of rotatable bonds is 2. The number of morpholine rings is 1. The molecule has 1 saturated heterocycles. The summed E-state index contributed by atoms with van der Waals surface area (Å²) < 4.78 is 5.06. The monoisotopic (exact) mass is 298 g/mol. The highest BCUT2D eigenvalue weighted by molar-refractivity contribution is 6.31. The molecule has 1 aliphatic rings. The highest BCUT2D eigenvalue weighted by atomic mass is 35.5. The number of nitrogens with zero attached hydrogens (tertiary/aromatic N) is 1. The summed E-state index contributed by atoms with van der Waals surface area (Å²) in [5.41, 5.74) is 1.49. The van der Waals surface area contributed by atoms with Gasteiger partial charge >= 0.3 is 12.0 Å². The number of benzene rings is 1. The van der Waals surface area contributed by atoms with Crippen LogP contribution in [0.5, 0.6) is 0 Å². The number of aliphatic carboxylic acids is 1. The van der Waals surface area contributed by atoms with Crippen molar-refractivity contribution in [2.24, 2.45) is 0 Å². The van der Waals surface area contributed by atoms with Crippen LogP contribution in [0.1, 0.15) is 5.56 Å². The fourth-order valence-corrected chi connectivity index (χ4v) is 2.04. The third-order valence-electron chi connectivity index (χ3n) is 3.05. The maximum atomic E-state index is 12.1. The molecule has 0 aliphatic carbocycles. The van der Waals surface area contributed by atoms with Gasteiger partial charge in [0.1, 0.15) is 0 Å². The van der Waals surface area contributed by atoms with Crippen LogP contribution in [0.25, 0.3) is 0 Å². The molecule has 1 atom stereocenters. The lowest BCUT2D eigenvalue weighted by Crippen LogP contribution is -2.49. The molecule has 108 valence electrons. The fraction of sp³-hybridized carbons (Fsp3) is 0.385. The smallest absolute Gasteiger partial charge is 0.334 e. The number of carboxylic acids is 1. The Kier molecular flexibility index (Phi) is 4.46. The van der Waals surface area contributed by atoms with E-state index in [1.807, 2.05) is 6.92 Å². The molecule has 0 aromatic heterocycles. The van der Waals surface area contributed by atoms with E-state index in [1.165, 1.54) is 4.90 Å². The van der Waals surface area contributed by atoms with Gasteiger partial charge in [0, 0.05) is 17.3 Å². The van der Waals surface area contributed by atoms with Gasteiger partial charge in [-0.15, -0.1) is 0 Å². The molecule has 1 aromatic carbocycles. The van der Waals surface area contributed by atoms with Gasteiger partial charge in [-0.05, 0) is 24.6 Å². The molecular formula is C13H15ClN2O4. The van der Waals surface area contributed by atoms with Crippen molar-refractivity contribution in [3.05, 3.63) is 28.8 Å². The lowest BCUT2D eigenvalue weighted by Gasteiger charge is -2.30. The Balaban J connectivity index is 2.00. The van der Waals surface area contributed by atoms with Crippen molar-refractivity contribution >= 4 is 29.3 Å². The lowest BCUT2D eigenvalue weighted by atomic mass is 10.2. The van der Waals surface area contributed by atoms with Crippen LogP contribution >= 0.6 is 11.6 Å². The van der Waals surface area contributed by atoms with Crippen LogP contribution in [-0.4, -0.2) is 47.8 Å². The lowest BCUT2D eigenvalue weighted by molar-refractivity contribution is -0.154. The van der Waals surface area contributed by atoms with Gasteiger partial charge in [-0.25, -0.2) is 9.59 Å². The van der Waals surface area contributed by atoms with Gasteiger partial charge < -0.3 is 20.1 Å². The Bertz CT molecular complexity index is 535. The third kappa shape index (κ3) is 3.40. The number of carbonyl (C=O) groups is 2. The average molecular weight is 299 g/mol. The summed E-state index contributed by atoms with van der Waals surface area (Å²) >= 11 is 5.99. The maximum absolute atomic E-state index is 12.1. The van der Waals surface area contributed by atoms with E-state index in [0.717, 1.165) is 5.56 Å². The van der Waals surface area contributed by atoms with Crippen LogP contribution in [0, 0.1) is 6.92 Å². The number of ether oxygens (including phenoxy) is 1. The minimum atomic E-state index is -1.07. The second-order valence-corrected chi connectivity index (χ2v) is 4.95. The van der Waals surface area contributed by atoms with Gasteiger partial charge in [0.05, 0.1) is 13.2 Å². The first kappa shape index (κ1) is 14.6. The van der Waals surface area contributed by atoms with Gasteiger partial charge in [-0.3, -0.25) is 0 Å². The number of nitrogens with one attached hydrogen (secondary N) is 1. The number of hydrogen-bond acceptors (Lipinski definition) is 3. The number of halogens is 1. The van der Waals surface area contributed by atoms with Crippen molar-refractivity contribution in [2.75, 3.05) is 25.0 Å². The highest BCUT2D eigenvalue weighted by Gasteiger charge is 2.28. The standard InChI is InChI=1S/C13H15ClN2O4/c1-8-2-3-9(6-10(8)14)15-13(19)16-4-5-20-11(7-16)12(17)18/h2-3,6,11H,4-5,7H2,1H3,(H,15,19)(H,17,18). The first-order valence-corrected chi connectivity index (χ1v) is 6.51. The van der Waals surface area contributed by atoms with E-state index in [2.05, 4.69) is 5.32 Å². The summed E-state index contributed by atoms with van der Waals surface area (Å²) in [6.07, 6.45) is -0.976. The number of carboxylic acid groups (broad SMARTS) is 1. The molecule has 1 aliphatic heterocycles. The summed E-state index contributed by atoms with van der Waals surface area (Å²) in [6, 6.07) is 4.84. The van der Waals surface area contributed by atoms with Crippen LogP contribution in [0.3, 0.4) is 0 Å². The van der Waals surface area contributed by atoms with E-state index in [1.54, 1.807) is 18.2 Å². The second kappa shape index (κ2) is 6.11. The third-order valence-corrected chi connectivity index (χ3v) is 3.46. The van der Waals surface area contributed by atoms with Crippen molar-refractivity contribution < 1.29 is 19.4 Å². The normalized spacial score (nSPS) is 18.7. The van der Waals surface area contributed by atoms with Crippen LogP contribution in [0.15, 0.2) is 18.2 Å². The molecule has 7 heteroatoms. The number of anilines is 1. The van der Waals surface area contributed by atoms with Gasteiger partial charge in [-0.2, -0.15) is 0 Å².